The minimum Gasteiger partial charge on any atom is -0.351 e. The molecule has 0 heterocycles. The molecule has 1 aromatic carbocycles. The third-order valence-corrected chi connectivity index (χ3v) is 3.22. The number of amides is 1. The third-order valence-electron chi connectivity index (χ3n) is 1.84. The van der Waals surface area contributed by atoms with Gasteiger partial charge in [-0.2, -0.15) is 0 Å². The maximum Gasteiger partial charge on any atom is 0.252 e. The van der Waals surface area contributed by atoms with Crippen molar-refractivity contribution in [1.29, 1.82) is 0 Å². The van der Waals surface area contributed by atoms with Crippen LogP contribution in [0.1, 0.15) is 10.4 Å². The number of hydrogen-bond donors (Lipinski definition) is 2. The van der Waals surface area contributed by atoms with Crippen LogP contribution in [-0.2, 0) is 0 Å². The number of hydrogen-bond acceptors (Lipinski definition) is 2. The molecule has 0 aliphatic heterocycles. The Morgan fingerprint density at radius 3 is 2.69 bits per heavy atom. The van der Waals surface area contributed by atoms with Gasteiger partial charge in [0, 0.05) is 21.1 Å². The topological polar surface area (TPSA) is 41.1 Å². The molecule has 0 bridgehead atoms. The average Bonchev–Trinajstić information content (AvgIpc) is 2.17. The van der Waals surface area contributed by atoms with Crippen molar-refractivity contribution in [3.63, 3.8) is 0 Å². The van der Waals surface area contributed by atoms with Gasteiger partial charge in [0.2, 0.25) is 0 Å². The molecule has 0 atom stereocenters. The first-order chi connectivity index (χ1) is 7.15. The van der Waals surface area contributed by atoms with Crippen LogP contribution < -0.4 is 10.6 Å². The SMILES string of the molecule is CNCCNC(=O)c1ccc(Br)cc1I.Cl. The molecule has 2 N–H and O–H groups in total. The van der Waals surface area contributed by atoms with E-state index in [9.17, 15) is 4.79 Å². The molecule has 0 unspecified atom stereocenters. The summed E-state index contributed by atoms with van der Waals surface area (Å²) in [7, 11) is 1.86. The Balaban J connectivity index is 0.00000225. The van der Waals surface area contributed by atoms with Crippen molar-refractivity contribution in [1.82, 2.24) is 10.6 Å². The lowest BCUT2D eigenvalue weighted by atomic mass is 10.2. The van der Waals surface area contributed by atoms with Crippen LogP contribution in [0.3, 0.4) is 0 Å². The monoisotopic (exact) mass is 418 g/mol. The van der Waals surface area contributed by atoms with Crippen LogP contribution in [0.15, 0.2) is 22.7 Å². The van der Waals surface area contributed by atoms with Gasteiger partial charge in [0.1, 0.15) is 0 Å². The van der Waals surface area contributed by atoms with Gasteiger partial charge in [0.15, 0.2) is 0 Å². The molecule has 0 fully saturated rings. The van der Waals surface area contributed by atoms with Crippen LogP contribution in [0.4, 0.5) is 0 Å². The van der Waals surface area contributed by atoms with Crippen molar-refractivity contribution in [3.8, 4) is 0 Å². The average molecular weight is 419 g/mol. The summed E-state index contributed by atoms with van der Waals surface area (Å²) in [6, 6.07) is 5.61. The minimum absolute atomic E-state index is 0. The Bertz CT molecular complexity index is 363. The fourth-order valence-corrected chi connectivity index (χ4v) is 2.62. The second kappa shape index (κ2) is 8.27. The zero-order valence-electron chi connectivity index (χ0n) is 8.72. The number of likely N-dealkylation sites (N-methyl/N-ethyl adjacent to an activating group) is 1. The molecule has 3 nitrogen and oxygen atoms in total. The molecular formula is C10H13BrClIN2O. The lowest BCUT2D eigenvalue weighted by Gasteiger charge is -2.06. The summed E-state index contributed by atoms with van der Waals surface area (Å²) in [6.45, 7) is 1.42. The van der Waals surface area contributed by atoms with Crippen LogP contribution in [0.25, 0.3) is 0 Å². The fourth-order valence-electron chi connectivity index (χ4n) is 1.07. The smallest absolute Gasteiger partial charge is 0.252 e. The molecule has 0 aromatic heterocycles. The fraction of sp³-hybridized carbons (Fsp3) is 0.300. The summed E-state index contributed by atoms with van der Waals surface area (Å²) in [5.74, 6) is -0.0258. The Morgan fingerprint density at radius 2 is 2.12 bits per heavy atom. The molecule has 6 heteroatoms. The molecule has 0 aliphatic carbocycles. The maximum atomic E-state index is 11.7. The molecular weight excluding hydrogens is 406 g/mol. The van der Waals surface area contributed by atoms with Crippen molar-refractivity contribution in [2.75, 3.05) is 20.1 Å². The van der Waals surface area contributed by atoms with Crippen molar-refractivity contribution < 1.29 is 4.79 Å². The van der Waals surface area contributed by atoms with E-state index in [0.717, 1.165) is 20.2 Å². The Hall–Kier alpha value is 0.150. The number of benzene rings is 1. The Labute approximate surface area is 123 Å². The zero-order chi connectivity index (χ0) is 11.3. The largest absolute Gasteiger partial charge is 0.351 e. The number of halogens is 3. The van der Waals surface area contributed by atoms with E-state index in [4.69, 9.17) is 0 Å². The molecule has 0 radical (unpaired) electrons. The summed E-state index contributed by atoms with van der Waals surface area (Å²) in [6.07, 6.45) is 0. The Kier molecular flexibility index (Phi) is 8.35. The van der Waals surface area contributed by atoms with Crippen LogP contribution in [0.2, 0.25) is 0 Å². The first-order valence-electron chi connectivity index (χ1n) is 4.53. The molecule has 0 saturated carbocycles. The highest BCUT2D eigenvalue weighted by Crippen LogP contribution is 2.18. The van der Waals surface area contributed by atoms with E-state index in [0.29, 0.717) is 6.54 Å². The summed E-state index contributed by atoms with van der Waals surface area (Å²) in [5.41, 5.74) is 0.718. The summed E-state index contributed by atoms with van der Waals surface area (Å²) in [5, 5.41) is 5.81. The van der Waals surface area contributed by atoms with E-state index in [1.807, 2.05) is 25.2 Å². The second-order valence-corrected chi connectivity index (χ2v) is 5.06. The van der Waals surface area contributed by atoms with Gasteiger partial charge in [0.25, 0.3) is 5.91 Å². The van der Waals surface area contributed by atoms with Gasteiger partial charge in [-0.1, -0.05) is 15.9 Å². The van der Waals surface area contributed by atoms with Crippen LogP contribution in [0, 0.1) is 3.57 Å². The number of carbonyl (C=O) groups is 1. The molecule has 1 aromatic rings. The van der Waals surface area contributed by atoms with Gasteiger partial charge < -0.3 is 10.6 Å². The van der Waals surface area contributed by atoms with Crippen LogP contribution in [-0.4, -0.2) is 26.0 Å². The molecule has 0 aliphatic rings. The van der Waals surface area contributed by atoms with Gasteiger partial charge in [-0.05, 0) is 47.8 Å². The number of nitrogens with one attached hydrogen (secondary N) is 2. The predicted molar refractivity (Wildman–Crippen MR) is 80.4 cm³/mol. The molecule has 0 saturated heterocycles. The van der Waals surface area contributed by atoms with Crippen molar-refractivity contribution >= 4 is 56.8 Å². The predicted octanol–water partition coefficient (Wildman–Crippen LogP) is 2.42. The zero-order valence-corrected chi connectivity index (χ0v) is 13.3. The molecule has 1 rings (SSSR count). The van der Waals surface area contributed by atoms with Gasteiger partial charge in [-0.15, -0.1) is 12.4 Å². The minimum atomic E-state index is -0.0258. The van der Waals surface area contributed by atoms with Crippen LogP contribution >= 0.6 is 50.9 Å². The van der Waals surface area contributed by atoms with Gasteiger partial charge in [-0.25, -0.2) is 0 Å². The third kappa shape index (κ3) is 4.99. The van der Waals surface area contributed by atoms with E-state index < -0.39 is 0 Å². The summed E-state index contributed by atoms with van der Waals surface area (Å²) >= 11 is 5.52. The van der Waals surface area contributed by atoms with E-state index >= 15 is 0 Å². The highest BCUT2D eigenvalue weighted by Gasteiger charge is 2.08. The van der Waals surface area contributed by atoms with E-state index in [1.54, 1.807) is 0 Å². The van der Waals surface area contributed by atoms with Gasteiger partial charge in [0.05, 0.1) is 5.56 Å². The maximum absolute atomic E-state index is 11.7. The van der Waals surface area contributed by atoms with Crippen molar-refractivity contribution in [2.24, 2.45) is 0 Å². The lowest BCUT2D eigenvalue weighted by molar-refractivity contribution is 0.0953. The molecule has 0 spiro atoms. The number of carbonyl (C=O) groups excluding carboxylic acids is 1. The first kappa shape index (κ1) is 16.1. The van der Waals surface area contributed by atoms with Gasteiger partial charge >= 0.3 is 0 Å². The van der Waals surface area contributed by atoms with Crippen molar-refractivity contribution in [2.45, 2.75) is 0 Å². The van der Waals surface area contributed by atoms with E-state index in [2.05, 4.69) is 49.2 Å². The van der Waals surface area contributed by atoms with Gasteiger partial charge in [-0.3, -0.25) is 4.79 Å². The van der Waals surface area contributed by atoms with Crippen molar-refractivity contribution in [3.05, 3.63) is 31.8 Å². The highest BCUT2D eigenvalue weighted by atomic mass is 127. The molecule has 1 amide bonds. The number of rotatable bonds is 4. The molecule has 90 valence electrons. The normalized spacial score (nSPS) is 9.44. The lowest BCUT2D eigenvalue weighted by Crippen LogP contribution is -2.30. The summed E-state index contributed by atoms with van der Waals surface area (Å²) in [4.78, 5) is 11.7. The highest BCUT2D eigenvalue weighted by molar-refractivity contribution is 14.1. The first-order valence-corrected chi connectivity index (χ1v) is 6.40. The van der Waals surface area contributed by atoms with Crippen LogP contribution in [0.5, 0.6) is 0 Å². The quantitative estimate of drug-likeness (QED) is 0.582. The Morgan fingerprint density at radius 1 is 1.44 bits per heavy atom. The molecule has 16 heavy (non-hydrogen) atoms. The second-order valence-electron chi connectivity index (χ2n) is 2.98. The van der Waals surface area contributed by atoms with E-state index in [1.165, 1.54) is 0 Å². The summed E-state index contributed by atoms with van der Waals surface area (Å²) < 4.78 is 1.93. The van der Waals surface area contributed by atoms with E-state index in [-0.39, 0.29) is 18.3 Å². The standard InChI is InChI=1S/C10H12BrIN2O.ClH/c1-13-4-5-14-10(15)8-3-2-7(11)6-9(8)12;/h2-3,6,13H,4-5H2,1H3,(H,14,15);1H.